The van der Waals surface area contributed by atoms with Crippen LogP contribution in [0.3, 0.4) is 0 Å². The fourth-order valence-electron chi connectivity index (χ4n) is 4.96. The maximum atomic E-state index is 13.6. The molecule has 2 aliphatic rings. The molecule has 1 saturated carbocycles. The minimum absolute atomic E-state index is 0.205. The predicted octanol–water partition coefficient (Wildman–Crippen LogP) is 3.29. The Morgan fingerprint density at radius 2 is 1.50 bits per heavy atom. The molecule has 1 spiro atoms. The van der Waals surface area contributed by atoms with E-state index in [1.54, 1.807) is 0 Å². The standard InChI is InChI=1S/C27H33N3O4/c31-24(29-34-20-22-14-8-5-9-15-22)19-30-25(32)23(18-21-12-6-4-7-13-21)28-27(26(30)33)16-10-2-1-3-11-17-27/h4-9,12-15,23,28H,1-3,10-11,16-20H2,(H,29,31)/t23-/m0/s1. The maximum Gasteiger partial charge on any atom is 0.263 e. The zero-order chi connectivity index (χ0) is 23.8. The minimum atomic E-state index is -0.807. The molecule has 0 aromatic heterocycles. The Morgan fingerprint density at radius 3 is 2.15 bits per heavy atom. The molecule has 1 atom stereocenters. The summed E-state index contributed by atoms with van der Waals surface area (Å²) in [6.07, 6.45) is 6.97. The lowest BCUT2D eigenvalue weighted by Crippen LogP contribution is -2.71. The average Bonchev–Trinajstić information content (AvgIpc) is 2.83. The highest BCUT2D eigenvalue weighted by atomic mass is 16.6. The van der Waals surface area contributed by atoms with Gasteiger partial charge in [0, 0.05) is 0 Å². The molecule has 1 heterocycles. The summed E-state index contributed by atoms with van der Waals surface area (Å²) in [4.78, 5) is 46.1. The molecule has 0 unspecified atom stereocenters. The van der Waals surface area contributed by atoms with E-state index in [1.807, 2.05) is 60.7 Å². The van der Waals surface area contributed by atoms with Gasteiger partial charge in [-0.1, -0.05) is 92.8 Å². The molecule has 0 bridgehead atoms. The van der Waals surface area contributed by atoms with Crippen LogP contribution < -0.4 is 10.8 Å². The Bertz CT molecular complexity index is 972. The SMILES string of the molecule is O=C(CN1C(=O)[C@H](Cc2ccccc2)NC2(CCCCCCC2)C1=O)NOCc1ccccc1. The first-order valence-electron chi connectivity index (χ1n) is 12.2. The maximum absolute atomic E-state index is 13.6. The van der Waals surface area contributed by atoms with Crippen molar-refractivity contribution in [1.82, 2.24) is 15.7 Å². The normalized spacial score (nSPS) is 20.6. The Hall–Kier alpha value is -3.03. The Labute approximate surface area is 200 Å². The summed E-state index contributed by atoms with van der Waals surface area (Å²) in [6, 6.07) is 18.7. The Balaban J connectivity index is 1.48. The third kappa shape index (κ3) is 5.90. The van der Waals surface area contributed by atoms with Crippen LogP contribution in [0.1, 0.15) is 56.1 Å². The van der Waals surface area contributed by atoms with Crippen molar-refractivity contribution in [1.29, 1.82) is 0 Å². The van der Waals surface area contributed by atoms with Crippen LogP contribution in [0.15, 0.2) is 60.7 Å². The summed E-state index contributed by atoms with van der Waals surface area (Å²) in [5, 5.41) is 3.45. The van der Waals surface area contributed by atoms with Crippen molar-refractivity contribution in [3.05, 3.63) is 71.8 Å². The van der Waals surface area contributed by atoms with Crippen molar-refractivity contribution < 1.29 is 19.2 Å². The van der Waals surface area contributed by atoms with Gasteiger partial charge in [0.15, 0.2) is 0 Å². The largest absolute Gasteiger partial charge is 0.292 e. The molecule has 2 fully saturated rings. The molecule has 1 aliphatic heterocycles. The summed E-state index contributed by atoms with van der Waals surface area (Å²) in [5.41, 5.74) is 3.51. The van der Waals surface area contributed by atoms with E-state index in [-0.39, 0.29) is 25.0 Å². The third-order valence-electron chi connectivity index (χ3n) is 6.73. The molecular weight excluding hydrogens is 430 g/mol. The zero-order valence-electron chi connectivity index (χ0n) is 19.5. The van der Waals surface area contributed by atoms with Gasteiger partial charge in [0.25, 0.3) is 5.91 Å². The van der Waals surface area contributed by atoms with E-state index < -0.39 is 17.5 Å². The van der Waals surface area contributed by atoms with Gasteiger partial charge in [0.05, 0.1) is 18.2 Å². The third-order valence-corrected chi connectivity index (χ3v) is 6.73. The highest BCUT2D eigenvalue weighted by Gasteiger charge is 2.50. The number of carbonyl (C=O) groups excluding carboxylic acids is 3. The van der Waals surface area contributed by atoms with Crippen LogP contribution in [0.2, 0.25) is 0 Å². The van der Waals surface area contributed by atoms with Crippen LogP contribution in [0.5, 0.6) is 0 Å². The van der Waals surface area contributed by atoms with Crippen molar-refractivity contribution in [3.63, 3.8) is 0 Å². The van der Waals surface area contributed by atoms with E-state index in [2.05, 4.69) is 10.8 Å². The van der Waals surface area contributed by atoms with Crippen LogP contribution in [0.4, 0.5) is 0 Å². The van der Waals surface area contributed by atoms with Gasteiger partial charge >= 0.3 is 0 Å². The molecule has 2 N–H and O–H groups in total. The van der Waals surface area contributed by atoms with Crippen molar-refractivity contribution >= 4 is 17.7 Å². The second-order valence-electron chi connectivity index (χ2n) is 9.27. The van der Waals surface area contributed by atoms with Crippen LogP contribution in [0, 0.1) is 0 Å². The lowest BCUT2D eigenvalue weighted by molar-refractivity contribution is -0.161. The first-order valence-corrected chi connectivity index (χ1v) is 12.2. The molecule has 7 heteroatoms. The predicted molar refractivity (Wildman–Crippen MR) is 128 cm³/mol. The van der Waals surface area contributed by atoms with E-state index in [1.165, 1.54) is 6.42 Å². The zero-order valence-corrected chi connectivity index (χ0v) is 19.5. The van der Waals surface area contributed by atoms with E-state index in [9.17, 15) is 14.4 Å². The smallest absolute Gasteiger partial charge is 0.263 e. The van der Waals surface area contributed by atoms with Crippen molar-refractivity contribution in [2.24, 2.45) is 0 Å². The minimum Gasteiger partial charge on any atom is -0.292 e. The number of hydrogen-bond acceptors (Lipinski definition) is 5. The fraction of sp³-hybridized carbons (Fsp3) is 0.444. The van der Waals surface area contributed by atoms with Crippen LogP contribution in [-0.2, 0) is 32.2 Å². The van der Waals surface area contributed by atoms with Gasteiger partial charge in [-0.05, 0) is 30.4 Å². The molecule has 2 aromatic carbocycles. The molecule has 1 aliphatic carbocycles. The highest BCUT2D eigenvalue weighted by Crippen LogP contribution is 2.32. The molecule has 4 rings (SSSR count). The molecule has 7 nitrogen and oxygen atoms in total. The number of amides is 3. The number of nitrogens with zero attached hydrogens (tertiary/aromatic N) is 1. The Kier molecular flexibility index (Phi) is 8.08. The topological polar surface area (TPSA) is 87.7 Å². The van der Waals surface area contributed by atoms with Gasteiger partial charge in [0.2, 0.25) is 11.8 Å². The van der Waals surface area contributed by atoms with Crippen LogP contribution in [0.25, 0.3) is 0 Å². The number of hydroxylamine groups is 1. The summed E-state index contributed by atoms with van der Waals surface area (Å²) in [5.74, 6) is -1.17. The highest BCUT2D eigenvalue weighted by molar-refractivity contribution is 6.07. The molecule has 1 saturated heterocycles. The van der Waals surface area contributed by atoms with Crippen molar-refractivity contribution in [2.45, 2.75) is 69.6 Å². The fourth-order valence-corrected chi connectivity index (χ4v) is 4.96. The summed E-state index contributed by atoms with van der Waals surface area (Å²) in [7, 11) is 0. The van der Waals surface area contributed by atoms with E-state index >= 15 is 0 Å². The number of carbonyl (C=O) groups is 3. The number of rotatable bonds is 7. The lowest BCUT2D eigenvalue weighted by Gasteiger charge is -2.45. The van der Waals surface area contributed by atoms with E-state index in [4.69, 9.17) is 4.84 Å². The van der Waals surface area contributed by atoms with Gasteiger partial charge in [-0.2, -0.15) is 0 Å². The first-order chi connectivity index (χ1) is 16.6. The molecule has 34 heavy (non-hydrogen) atoms. The van der Waals surface area contributed by atoms with Crippen molar-refractivity contribution in [3.8, 4) is 0 Å². The van der Waals surface area contributed by atoms with Gasteiger partial charge in [-0.25, -0.2) is 5.48 Å². The molecule has 3 amide bonds. The van der Waals surface area contributed by atoms with Gasteiger partial charge in [-0.15, -0.1) is 0 Å². The summed E-state index contributed by atoms with van der Waals surface area (Å²) < 4.78 is 0. The van der Waals surface area contributed by atoms with Crippen molar-refractivity contribution in [2.75, 3.05) is 6.54 Å². The van der Waals surface area contributed by atoms with Gasteiger partial charge in [-0.3, -0.25) is 29.4 Å². The molecule has 180 valence electrons. The second kappa shape index (κ2) is 11.4. The lowest BCUT2D eigenvalue weighted by atomic mass is 9.79. The van der Waals surface area contributed by atoms with E-state index in [0.717, 1.165) is 41.7 Å². The monoisotopic (exact) mass is 463 g/mol. The van der Waals surface area contributed by atoms with Crippen LogP contribution >= 0.6 is 0 Å². The Morgan fingerprint density at radius 1 is 0.912 bits per heavy atom. The number of hydrogen-bond donors (Lipinski definition) is 2. The second-order valence-corrected chi connectivity index (χ2v) is 9.27. The van der Waals surface area contributed by atoms with E-state index in [0.29, 0.717) is 19.3 Å². The molecule has 2 aromatic rings. The number of imide groups is 1. The number of nitrogens with one attached hydrogen (secondary N) is 2. The summed E-state index contributed by atoms with van der Waals surface area (Å²) >= 11 is 0. The van der Waals surface area contributed by atoms with Gasteiger partial charge in [0.1, 0.15) is 6.54 Å². The summed E-state index contributed by atoms with van der Waals surface area (Å²) in [6.45, 7) is -0.141. The molecular formula is C27H33N3O4. The average molecular weight is 464 g/mol. The molecule has 0 radical (unpaired) electrons. The van der Waals surface area contributed by atoms with Crippen LogP contribution in [-0.4, -0.2) is 40.7 Å². The van der Waals surface area contributed by atoms with Gasteiger partial charge < -0.3 is 0 Å². The number of piperazine rings is 1. The first kappa shape index (κ1) is 24.1. The quantitative estimate of drug-likeness (QED) is 0.486. The number of benzene rings is 2.